The Labute approximate surface area is 206 Å². The minimum Gasteiger partial charge on any atom is -0.343 e. The summed E-state index contributed by atoms with van der Waals surface area (Å²) >= 11 is 6.00. The van der Waals surface area contributed by atoms with Gasteiger partial charge in [0.25, 0.3) is 0 Å². The zero-order valence-electron chi connectivity index (χ0n) is 18.6. The highest BCUT2D eigenvalue weighted by Crippen LogP contribution is 2.25. The number of benzene rings is 2. The van der Waals surface area contributed by atoms with Gasteiger partial charge in [-0.1, -0.05) is 23.7 Å². The minimum atomic E-state index is -3.53. The van der Waals surface area contributed by atoms with Crippen molar-refractivity contribution in [2.45, 2.75) is 44.0 Å². The fourth-order valence-corrected chi connectivity index (χ4v) is 5.76. The zero-order chi connectivity index (χ0) is 22.7. The average Bonchev–Trinajstić information content (AvgIpc) is 3.20. The number of rotatable bonds is 7. The number of aromatic nitrogens is 2. The highest BCUT2D eigenvalue weighted by atomic mass is 35.5. The molecule has 1 aliphatic rings. The summed E-state index contributed by atoms with van der Waals surface area (Å²) in [5.74, 6) is 1.35. The van der Waals surface area contributed by atoms with Gasteiger partial charge in [-0.25, -0.2) is 13.4 Å². The van der Waals surface area contributed by atoms with Crippen LogP contribution in [-0.4, -0.2) is 47.6 Å². The summed E-state index contributed by atoms with van der Waals surface area (Å²) in [6.45, 7) is 4.34. The van der Waals surface area contributed by atoms with Gasteiger partial charge in [0, 0.05) is 43.5 Å². The van der Waals surface area contributed by atoms with Gasteiger partial charge in [-0.15, -0.1) is 12.4 Å². The van der Waals surface area contributed by atoms with Crippen LogP contribution in [0.25, 0.3) is 10.8 Å². The van der Waals surface area contributed by atoms with Gasteiger partial charge in [-0.05, 0) is 67.1 Å². The fourth-order valence-electron chi connectivity index (χ4n) is 4.32. The van der Waals surface area contributed by atoms with Crippen LogP contribution in [0.15, 0.2) is 53.7 Å². The van der Waals surface area contributed by atoms with Crippen LogP contribution in [0.3, 0.4) is 0 Å². The summed E-state index contributed by atoms with van der Waals surface area (Å²) in [7, 11) is -3.53. The number of imidazole rings is 1. The lowest BCUT2D eigenvalue weighted by Crippen LogP contribution is -2.39. The minimum absolute atomic E-state index is 0. The molecule has 9 heteroatoms. The lowest BCUT2D eigenvalue weighted by atomic mass is 9.93. The van der Waals surface area contributed by atoms with E-state index in [9.17, 15) is 13.2 Å². The Balaban J connectivity index is 0.00000306. The number of piperidine rings is 1. The second kappa shape index (κ2) is 10.9. The van der Waals surface area contributed by atoms with Crippen LogP contribution in [0.4, 0.5) is 0 Å². The van der Waals surface area contributed by atoms with Crippen molar-refractivity contribution in [3.63, 3.8) is 0 Å². The monoisotopic (exact) mass is 509 g/mol. The van der Waals surface area contributed by atoms with Crippen molar-refractivity contribution in [3.8, 4) is 0 Å². The second-order valence-corrected chi connectivity index (χ2v) is 11.0. The van der Waals surface area contributed by atoms with Crippen molar-refractivity contribution >= 4 is 50.5 Å². The number of fused-ring (bicyclic) bond motifs is 1. The van der Waals surface area contributed by atoms with Gasteiger partial charge in [0.15, 0.2) is 9.84 Å². The molecule has 1 aliphatic heterocycles. The maximum atomic E-state index is 12.8. The number of hydrogen-bond acceptors (Lipinski definition) is 4. The number of hydrogen-bond donors (Lipinski definition) is 0. The fraction of sp³-hybridized carbons (Fsp3) is 0.417. The van der Waals surface area contributed by atoms with Gasteiger partial charge in [-0.2, -0.15) is 0 Å². The van der Waals surface area contributed by atoms with Gasteiger partial charge < -0.3 is 9.47 Å². The van der Waals surface area contributed by atoms with Gasteiger partial charge in [0.05, 0.1) is 10.6 Å². The van der Waals surface area contributed by atoms with E-state index in [4.69, 9.17) is 11.6 Å². The molecule has 0 bridgehead atoms. The molecule has 0 radical (unpaired) electrons. The number of amides is 1. The molecule has 178 valence electrons. The molecule has 1 fully saturated rings. The Morgan fingerprint density at radius 2 is 1.82 bits per heavy atom. The van der Waals surface area contributed by atoms with Crippen molar-refractivity contribution in [3.05, 3.63) is 59.6 Å². The Hall–Kier alpha value is -2.09. The topological polar surface area (TPSA) is 72.3 Å². The molecule has 4 rings (SSSR count). The quantitative estimate of drug-likeness (QED) is 0.453. The molecule has 0 unspecified atom stereocenters. The van der Waals surface area contributed by atoms with Crippen molar-refractivity contribution in [1.82, 2.24) is 14.5 Å². The van der Waals surface area contributed by atoms with E-state index in [-0.39, 0.29) is 35.4 Å². The van der Waals surface area contributed by atoms with Gasteiger partial charge >= 0.3 is 0 Å². The number of halogens is 2. The molecule has 2 heterocycles. The van der Waals surface area contributed by atoms with Crippen LogP contribution in [0.1, 0.15) is 31.5 Å². The Morgan fingerprint density at radius 1 is 1.12 bits per heavy atom. The highest BCUT2D eigenvalue weighted by molar-refractivity contribution is 7.91. The molecule has 33 heavy (non-hydrogen) atoms. The summed E-state index contributed by atoms with van der Waals surface area (Å²) in [6.07, 6.45) is 6.82. The summed E-state index contributed by atoms with van der Waals surface area (Å²) in [6, 6.07) is 10.3. The Kier molecular flexibility index (Phi) is 8.43. The normalized spacial score (nSPS) is 14.9. The molecule has 6 nitrogen and oxygen atoms in total. The molecular weight excluding hydrogens is 481 g/mol. The van der Waals surface area contributed by atoms with Crippen LogP contribution in [0.2, 0.25) is 5.02 Å². The third-order valence-corrected chi connectivity index (χ3v) is 8.34. The first-order valence-corrected chi connectivity index (χ1v) is 13.0. The largest absolute Gasteiger partial charge is 0.343 e. The van der Waals surface area contributed by atoms with Crippen LogP contribution >= 0.6 is 24.0 Å². The SMILES string of the molecule is Cc1nccn1CCC1CCN(C(=O)CCS(=O)(=O)c2ccc3cc(Cl)ccc3c2)CC1.Cl. The number of sulfone groups is 1. The predicted octanol–water partition coefficient (Wildman–Crippen LogP) is 4.91. The van der Waals surface area contributed by atoms with Crippen molar-refractivity contribution in [2.24, 2.45) is 5.92 Å². The Bertz CT molecular complexity index is 1220. The van der Waals surface area contributed by atoms with E-state index in [0.29, 0.717) is 24.0 Å². The zero-order valence-corrected chi connectivity index (χ0v) is 21.0. The van der Waals surface area contributed by atoms with E-state index in [2.05, 4.69) is 9.55 Å². The molecule has 1 aromatic heterocycles. The molecular formula is C24H29Cl2N3O3S. The lowest BCUT2D eigenvalue weighted by molar-refractivity contribution is -0.132. The third kappa shape index (κ3) is 6.28. The predicted molar refractivity (Wildman–Crippen MR) is 134 cm³/mol. The molecule has 1 saturated heterocycles. The average molecular weight is 510 g/mol. The molecule has 1 amide bonds. The smallest absolute Gasteiger partial charge is 0.223 e. The van der Waals surface area contributed by atoms with Gasteiger partial charge in [0.2, 0.25) is 5.91 Å². The first kappa shape index (κ1) is 25.5. The number of likely N-dealkylation sites (tertiary alicyclic amines) is 1. The molecule has 3 aromatic rings. The summed E-state index contributed by atoms with van der Waals surface area (Å²) in [5.41, 5.74) is 0. The van der Waals surface area contributed by atoms with Crippen LogP contribution < -0.4 is 0 Å². The molecule has 0 atom stereocenters. The first-order valence-electron chi connectivity index (χ1n) is 11.0. The molecule has 0 spiro atoms. The van der Waals surface area contributed by atoms with E-state index < -0.39 is 9.84 Å². The summed E-state index contributed by atoms with van der Waals surface area (Å²) in [4.78, 5) is 19.0. The third-order valence-electron chi connectivity index (χ3n) is 6.39. The van der Waals surface area contributed by atoms with Crippen LogP contribution in [0, 0.1) is 12.8 Å². The summed E-state index contributed by atoms with van der Waals surface area (Å²) < 4.78 is 27.8. The molecule has 0 saturated carbocycles. The highest BCUT2D eigenvalue weighted by Gasteiger charge is 2.24. The van der Waals surface area contributed by atoms with Crippen molar-refractivity contribution in [2.75, 3.05) is 18.8 Å². The lowest BCUT2D eigenvalue weighted by Gasteiger charge is -2.32. The second-order valence-electron chi connectivity index (χ2n) is 8.50. The standard InChI is InChI=1S/C24H28ClN3O3S.ClH/c1-18-26-10-14-27(18)11-6-19-7-12-28(13-8-19)24(29)9-15-32(30,31)23-5-3-20-16-22(25)4-2-21(20)17-23;/h2-5,10,14,16-17,19H,6-9,11-13,15H2,1H3;1H. The number of nitrogens with zero attached hydrogens (tertiary/aromatic N) is 3. The number of carbonyl (C=O) groups excluding carboxylic acids is 1. The van der Waals surface area contributed by atoms with Crippen LogP contribution in [-0.2, 0) is 21.2 Å². The molecule has 2 aromatic carbocycles. The van der Waals surface area contributed by atoms with Gasteiger partial charge in [-0.3, -0.25) is 4.79 Å². The summed E-state index contributed by atoms with van der Waals surface area (Å²) in [5, 5.41) is 2.31. The molecule has 0 N–H and O–H groups in total. The maximum Gasteiger partial charge on any atom is 0.223 e. The maximum absolute atomic E-state index is 12.8. The van der Waals surface area contributed by atoms with E-state index in [1.807, 2.05) is 24.2 Å². The van der Waals surface area contributed by atoms with Crippen molar-refractivity contribution < 1.29 is 13.2 Å². The van der Waals surface area contributed by atoms with E-state index in [0.717, 1.165) is 42.4 Å². The number of carbonyl (C=O) groups is 1. The van der Waals surface area contributed by atoms with Crippen LogP contribution in [0.5, 0.6) is 0 Å². The van der Waals surface area contributed by atoms with Gasteiger partial charge in [0.1, 0.15) is 5.82 Å². The van der Waals surface area contributed by atoms with E-state index >= 15 is 0 Å². The number of aryl methyl sites for hydroxylation is 2. The Morgan fingerprint density at radius 3 is 2.52 bits per heavy atom. The van der Waals surface area contributed by atoms with Crippen molar-refractivity contribution in [1.29, 1.82) is 0 Å². The van der Waals surface area contributed by atoms with E-state index in [1.54, 1.807) is 36.4 Å². The van der Waals surface area contributed by atoms with E-state index in [1.165, 1.54) is 0 Å². The molecule has 0 aliphatic carbocycles. The first-order chi connectivity index (χ1) is 15.3.